The zero-order chi connectivity index (χ0) is 9.03. The molecule has 0 radical (unpaired) electrons. The highest BCUT2D eigenvalue weighted by molar-refractivity contribution is 8.32. The van der Waals surface area contributed by atoms with E-state index >= 15 is 0 Å². The topological polar surface area (TPSA) is 15.8 Å². The fourth-order valence-corrected chi connectivity index (χ4v) is 4.14. The van der Waals surface area contributed by atoms with Crippen LogP contribution in [0, 0.1) is 0 Å². The number of rotatable bonds is 4. The van der Waals surface area contributed by atoms with Crippen molar-refractivity contribution in [3.05, 3.63) is 24.0 Å². The highest BCUT2D eigenvalue weighted by Crippen LogP contribution is 2.51. The first-order valence-electron chi connectivity index (χ1n) is 3.58. The molecule has 68 valence electrons. The maximum absolute atomic E-state index is 3.27. The third kappa shape index (κ3) is 1.80. The van der Waals surface area contributed by atoms with E-state index in [1.165, 1.54) is 5.69 Å². The van der Waals surface area contributed by atoms with E-state index in [0.717, 1.165) is 0 Å². The van der Waals surface area contributed by atoms with E-state index in [2.05, 4.69) is 29.8 Å². The van der Waals surface area contributed by atoms with Crippen molar-refractivity contribution >= 4 is 35.3 Å². The van der Waals surface area contributed by atoms with Gasteiger partial charge in [-0.1, -0.05) is 0 Å². The van der Waals surface area contributed by atoms with Crippen molar-refractivity contribution in [2.45, 2.75) is 3.41 Å². The fraction of sp³-hybridized carbons (Fsp3) is 0.500. The third-order valence-electron chi connectivity index (χ3n) is 1.73. The predicted octanol–water partition coefficient (Wildman–Crippen LogP) is 3.21. The lowest BCUT2D eigenvalue weighted by Gasteiger charge is -2.26. The van der Waals surface area contributed by atoms with Crippen molar-refractivity contribution in [3.8, 4) is 0 Å². The third-order valence-corrected chi connectivity index (χ3v) is 7.01. The van der Waals surface area contributed by atoms with Crippen LogP contribution >= 0.6 is 35.3 Å². The molecule has 1 rings (SSSR count). The molecular weight excluding hydrogens is 206 g/mol. The van der Waals surface area contributed by atoms with Crippen LogP contribution in [-0.4, -0.2) is 23.8 Å². The van der Waals surface area contributed by atoms with Crippen molar-refractivity contribution in [1.82, 2.24) is 4.98 Å². The highest BCUT2D eigenvalue weighted by atomic mass is 32.3. The quantitative estimate of drug-likeness (QED) is 0.783. The lowest BCUT2D eigenvalue weighted by Crippen LogP contribution is -2.11. The van der Waals surface area contributed by atoms with Gasteiger partial charge in [-0.05, 0) is 30.9 Å². The standard InChI is InChI=1S/C8H13NS3/c1-10-8(11-2,12-3)7-5-4-6-9-7/h4-6,9H,1-3H3. The molecule has 0 saturated carbocycles. The number of aromatic amines is 1. The Bertz CT molecular complexity index is 208. The van der Waals surface area contributed by atoms with Gasteiger partial charge in [-0.15, -0.1) is 35.3 Å². The van der Waals surface area contributed by atoms with Gasteiger partial charge in [0.2, 0.25) is 0 Å². The molecule has 1 aromatic heterocycles. The monoisotopic (exact) mass is 219 g/mol. The lowest BCUT2D eigenvalue weighted by atomic mass is 10.5. The Hall–Kier alpha value is 0.330. The molecule has 0 bridgehead atoms. The molecule has 0 aromatic carbocycles. The van der Waals surface area contributed by atoms with Gasteiger partial charge in [0.1, 0.15) is 3.41 Å². The second-order valence-electron chi connectivity index (χ2n) is 2.25. The molecule has 0 saturated heterocycles. The molecule has 1 heterocycles. The fourth-order valence-electron chi connectivity index (χ4n) is 1.10. The van der Waals surface area contributed by atoms with Gasteiger partial charge in [-0.25, -0.2) is 0 Å². The number of hydrogen-bond donors (Lipinski definition) is 1. The Balaban J connectivity index is 2.93. The molecule has 0 atom stereocenters. The Morgan fingerprint density at radius 3 is 2.08 bits per heavy atom. The van der Waals surface area contributed by atoms with E-state index in [9.17, 15) is 0 Å². The average molecular weight is 219 g/mol. The highest BCUT2D eigenvalue weighted by Gasteiger charge is 2.29. The van der Waals surface area contributed by atoms with Gasteiger partial charge in [0.25, 0.3) is 0 Å². The van der Waals surface area contributed by atoms with Gasteiger partial charge >= 0.3 is 0 Å². The minimum absolute atomic E-state index is 0.142. The van der Waals surface area contributed by atoms with Crippen LogP contribution in [-0.2, 0) is 3.41 Å². The lowest BCUT2D eigenvalue weighted by molar-refractivity contribution is 1.17. The van der Waals surface area contributed by atoms with Crippen LogP contribution in [0.5, 0.6) is 0 Å². The Kier molecular flexibility index (Phi) is 3.93. The molecule has 4 heteroatoms. The van der Waals surface area contributed by atoms with E-state index in [1.54, 1.807) is 0 Å². The minimum Gasteiger partial charge on any atom is -0.362 e. The van der Waals surface area contributed by atoms with Gasteiger partial charge in [-0.3, -0.25) is 0 Å². The molecule has 0 aliphatic rings. The number of hydrogen-bond acceptors (Lipinski definition) is 3. The van der Waals surface area contributed by atoms with Crippen LogP contribution in [0.3, 0.4) is 0 Å². The summed E-state index contributed by atoms with van der Waals surface area (Å²) in [4.78, 5) is 3.27. The molecule has 0 amide bonds. The van der Waals surface area contributed by atoms with E-state index in [1.807, 2.05) is 47.5 Å². The van der Waals surface area contributed by atoms with Crippen molar-refractivity contribution in [3.63, 3.8) is 0 Å². The first-order chi connectivity index (χ1) is 5.79. The molecule has 12 heavy (non-hydrogen) atoms. The predicted molar refractivity (Wildman–Crippen MR) is 63.0 cm³/mol. The van der Waals surface area contributed by atoms with Crippen LogP contribution in [0.15, 0.2) is 18.3 Å². The van der Waals surface area contributed by atoms with Crippen molar-refractivity contribution in [1.29, 1.82) is 0 Å². The first kappa shape index (κ1) is 10.4. The second kappa shape index (κ2) is 4.53. The zero-order valence-electron chi connectivity index (χ0n) is 7.46. The number of H-pyrrole nitrogens is 1. The molecule has 1 nitrogen and oxygen atoms in total. The maximum atomic E-state index is 3.27. The van der Waals surface area contributed by atoms with Crippen LogP contribution in [0.4, 0.5) is 0 Å². The number of nitrogens with one attached hydrogen (secondary N) is 1. The Morgan fingerprint density at radius 2 is 1.75 bits per heavy atom. The van der Waals surface area contributed by atoms with Gasteiger partial charge in [0.05, 0.1) is 5.69 Å². The molecule has 0 fully saturated rings. The molecule has 1 aromatic rings. The van der Waals surface area contributed by atoms with Gasteiger partial charge < -0.3 is 4.98 Å². The molecule has 0 aliphatic carbocycles. The second-order valence-corrected chi connectivity index (χ2v) is 6.09. The zero-order valence-corrected chi connectivity index (χ0v) is 9.91. The summed E-state index contributed by atoms with van der Waals surface area (Å²) < 4.78 is 0.142. The minimum atomic E-state index is 0.142. The van der Waals surface area contributed by atoms with Gasteiger partial charge in [0, 0.05) is 6.20 Å². The summed E-state index contributed by atoms with van der Waals surface area (Å²) in [7, 11) is 0. The SMILES string of the molecule is CSC(SC)(SC)c1ccc[nH]1. The van der Waals surface area contributed by atoms with Crippen molar-refractivity contribution < 1.29 is 0 Å². The number of thioether (sulfide) groups is 3. The number of aromatic nitrogens is 1. The molecular formula is C8H13NS3. The summed E-state index contributed by atoms with van der Waals surface area (Å²) in [6, 6.07) is 4.19. The molecule has 0 spiro atoms. The summed E-state index contributed by atoms with van der Waals surface area (Å²) >= 11 is 5.61. The summed E-state index contributed by atoms with van der Waals surface area (Å²) in [6.45, 7) is 0. The normalized spacial score (nSPS) is 11.9. The van der Waals surface area contributed by atoms with Gasteiger partial charge in [0.15, 0.2) is 0 Å². The van der Waals surface area contributed by atoms with Gasteiger partial charge in [-0.2, -0.15) is 0 Å². The first-order valence-corrected chi connectivity index (χ1v) is 7.26. The average Bonchev–Trinajstić information content (AvgIpc) is 2.62. The summed E-state index contributed by atoms with van der Waals surface area (Å²) in [5.41, 5.74) is 1.29. The van der Waals surface area contributed by atoms with Crippen LogP contribution in [0.2, 0.25) is 0 Å². The van der Waals surface area contributed by atoms with E-state index in [-0.39, 0.29) is 3.41 Å². The van der Waals surface area contributed by atoms with Crippen LogP contribution < -0.4 is 0 Å². The van der Waals surface area contributed by atoms with Crippen LogP contribution in [0.25, 0.3) is 0 Å². The smallest absolute Gasteiger partial charge is 0.146 e. The maximum Gasteiger partial charge on any atom is 0.146 e. The van der Waals surface area contributed by atoms with Crippen molar-refractivity contribution in [2.24, 2.45) is 0 Å². The molecule has 0 aliphatic heterocycles. The van der Waals surface area contributed by atoms with E-state index in [0.29, 0.717) is 0 Å². The van der Waals surface area contributed by atoms with Crippen LogP contribution in [0.1, 0.15) is 5.69 Å². The van der Waals surface area contributed by atoms with Crippen molar-refractivity contribution in [2.75, 3.05) is 18.8 Å². The summed E-state index contributed by atoms with van der Waals surface area (Å²) in [5, 5.41) is 0. The Labute approximate surface area is 86.5 Å². The molecule has 0 unspecified atom stereocenters. The Morgan fingerprint density at radius 1 is 1.17 bits per heavy atom. The largest absolute Gasteiger partial charge is 0.362 e. The van der Waals surface area contributed by atoms with E-state index in [4.69, 9.17) is 0 Å². The summed E-state index contributed by atoms with van der Waals surface area (Å²) in [5.74, 6) is 0. The molecule has 1 N–H and O–H groups in total. The van der Waals surface area contributed by atoms with E-state index < -0.39 is 0 Å². The summed E-state index contributed by atoms with van der Waals surface area (Å²) in [6.07, 6.45) is 8.42.